The summed E-state index contributed by atoms with van der Waals surface area (Å²) in [5, 5.41) is 0.845. The van der Waals surface area contributed by atoms with Crippen molar-refractivity contribution in [3.8, 4) is 11.5 Å². The van der Waals surface area contributed by atoms with Crippen molar-refractivity contribution in [1.82, 2.24) is 4.57 Å². The molecule has 0 aliphatic carbocycles. The van der Waals surface area contributed by atoms with Crippen LogP contribution < -0.4 is 19.9 Å². The monoisotopic (exact) mass is 406 g/mol. The molecule has 0 saturated carbocycles. The molecule has 1 aromatic heterocycles. The van der Waals surface area contributed by atoms with E-state index in [0.717, 1.165) is 10.9 Å². The van der Waals surface area contributed by atoms with Crippen LogP contribution in [0.3, 0.4) is 0 Å². The number of aromatic nitrogens is 1. The molecule has 0 radical (unpaired) electrons. The van der Waals surface area contributed by atoms with Crippen LogP contribution in [0, 0.1) is 6.92 Å². The average molecular weight is 406 g/mol. The van der Waals surface area contributed by atoms with Crippen LogP contribution in [0.2, 0.25) is 0 Å². The van der Waals surface area contributed by atoms with Crippen molar-refractivity contribution in [1.29, 1.82) is 0 Å². The Kier molecular flexibility index (Phi) is 4.81. The van der Waals surface area contributed by atoms with Crippen LogP contribution in [-0.4, -0.2) is 37.0 Å². The lowest BCUT2D eigenvalue weighted by atomic mass is 10.0. The predicted octanol–water partition coefficient (Wildman–Crippen LogP) is 3.12. The molecule has 1 aliphatic heterocycles. The van der Waals surface area contributed by atoms with Gasteiger partial charge in [-0.25, -0.2) is 0 Å². The van der Waals surface area contributed by atoms with Gasteiger partial charge >= 0.3 is 0 Å². The highest BCUT2D eigenvalue weighted by atomic mass is 16.5. The van der Waals surface area contributed by atoms with Crippen LogP contribution in [0.4, 0.5) is 5.69 Å². The summed E-state index contributed by atoms with van der Waals surface area (Å²) >= 11 is 0. The number of ketones is 1. The van der Waals surface area contributed by atoms with Crippen molar-refractivity contribution < 1.29 is 19.1 Å². The van der Waals surface area contributed by atoms with Crippen LogP contribution in [0.5, 0.6) is 11.5 Å². The lowest BCUT2D eigenvalue weighted by molar-refractivity contribution is -0.120. The molecule has 1 aliphatic rings. The van der Waals surface area contributed by atoms with Gasteiger partial charge in [0.15, 0.2) is 12.4 Å². The number of methoxy groups -OCH3 is 1. The molecule has 0 bridgehead atoms. The summed E-state index contributed by atoms with van der Waals surface area (Å²) in [6.07, 6.45) is 0. The standard InChI is InChI=1S/C23H22N2O5/c1-13-10-20(26)25(22-16(13)6-5-7-19(22)29-4)14(2)23(28)15-8-9-18-17(11-15)24(3)21(27)12-30-18/h5-11,14H,12H2,1-4H3. The Morgan fingerprint density at radius 1 is 1.17 bits per heavy atom. The second kappa shape index (κ2) is 7.33. The molecule has 0 fully saturated rings. The fraction of sp³-hybridized carbons (Fsp3) is 0.261. The maximum Gasteiger partial charge on any atom is 0.264 e. The predicted molar refractivity (Wildman–Crippen MR) is 114 cm³/mol. The molecule has 154 valence electrons. The number of pyridine rings is 1. The Labute approximate surface area is 173 Å². The first-order chi connectivity index (χ1) is 14.3. The van der Waals surface area contributed by atoms with Crippen molar-refractivity contribution in [3.63, 3.8) is 0 Å². The first kappa shape index (κ1) is 19.7. The van der Waals surface area contributed by atoms with Crippen LogP contribution in [0.1, 0.15) is 28.9 Å². The minimum absolute atomic E-state index is 0.0300. The number of amides is 1. The number of carbonyl (C=O) groups excluding carboxylic acids is 2. The summed E-state index contributed by atoms with van der Waals surface area (Å²) in [6.45, 7) is 3.52. The fourth-order valence-corrected chi connectivity index (χ4v) is 3.86. The highest BCUT2D eigenvalue weighted by Gasteiger charge is 2.26. The number of hydrogen-bond acceptors (Lipinski definition) is 5. The lowest BCUT2D eigenvalue weighted by Crippen LogP contribution is -2.35. The van der Waals surface area contributed by atoms with E-state index in [4.69, 9.17) is 9.47 Å². The van der Waals surface area contributed by atoms with Gasteiger partial charge in [0.05, 0.1) is 24.4 Å². The van der Waals surface area contributed by atoms with Gasteiger partial charge in [0.2, 0.25) is 0 Å². The van der Waals surface area contributed by atoms with Crippen LogP contribution in [0.25, 0.3) is 10.9 Å². The number of anilines is 1. The summed E-state index contributed by atoms with van der Waals surface area (Å²) in [7, 11) is 3.18. The topological polar surface area (TPSA) is 77.8 Å². The van der Waals surface area contributed by atoms with Crippen molar-refractivity contribution in [2.24, 2.45) is 0 Å². The zero-order valence-electron chi connectivity index (χ0n) is 17.3. The van der Waals surface area contributed by atoms with Crippen molar-refractivity contribution in [3.05, 3.63) is 63.9 Å². The molecule has 30 heavy (non-hydrogen) atoms. The number of carbonyl (C=O) groups is 2. The van der Waals surface area contributed by atoms with Gasteiger partial charge in [-0.2, -0.15) is 0 Å². The first-order valence-electron chi connectivity index (χ1n) is 9.60. The highest BCUT2D eigenvalue weighted by molar-refractivity contribution is 6.03. The number of hydrogen-bond donors (Lipinski definition) is 0. The summed E-state index contributed by atoms with van der Waals surface area (Å²) in [6, 6.07) is 11.2. The summed E-state index contributed by atoms with van der Waals surface area (Å²) in [4.78, 5) is 39.7. The van der Waals surface area contributed by atoms with Gasteiger partial charge in [0, 0.05) is 24.1 Å². The lowest BCUT2D eigenvalue weighted by Gasteiger charge is -2.26. The zero-order chi connectivity index (χ0) is 21.6. The molecule has 2 aromatic carbocycles. The molecule has 0 spiro atoms. The van der Waals surface area contributed by atoms with E-state index >= 15 is 0 Å². The van der Waals surface area contributed by atoms with E-state index < -0.39 is 6.04 Å². The van der Waals surface area contributed by atoms with Crippen LogP contribution >= 0.6 is 0 Å². The van der Waals surface area contributed by atoms with Gasteiger partial charge in [-0.05, 0) is 43.7 Å². The maximum absolute atomic E-state index is 13.4. The van der Waals surface area contributed by atoms with Crippen molar-refractivity contribution >= 4 is 28.3 Å². The third kappa shape index (κ3) is 3.03. The van der Waals surface area contributed by atoms with Crippen molar-refractivity contribution in [2.45, 2.75) is 19.9 Å². The third-order valence-electron chi connectivity index (χ3n) is 5.56. The molecule has 3 aromatic rings. The minimum atomic E-state index is -0.777. The van der Waals surface area contributed by atoms with E-state index in [-0.39, 0.29) is 23.9 Å². The number of fused-ring (bicyclic) bond motifs is 2. The Morgan fingerprint density at radius 2 is 1.93 bits per heavy atom. The molecule has 7 nitrogen and oxygen atoms in total. The largest absolute Gasteiger partial charge is 0.495 e. The van der Waals surface area contributed by atoms with Crippen LogP contribution in [-0.2, 0) is 4.79 Å². The van der Waals surface area contributed by atoms with E-state index in [9.17, 15) is 14.4 Å². The number of rotatable bonds is 4. The summed E-state index contributed by atoms with van der Waals surface area (Å²) in [5.41, 5.74) is 2.04. The Hall–Kier alpha value is -3.61. The van der Waals surface area contributed by atoms with Crippen molar-refractivity contribution in [2.75, 3.05) is 25.7 Å². The maximum atomic E-state index is 13.4. The number of aryl methyl sites for hydroxylation is 1. The molecule has 0 saturated heterocycles. The SMILES string of the molecule is COc1cccc2c(C)cc(=O)n(C(C)C(=O)c3ccc4c(c3)N(C)C(=O)CO4)c12. The Balaban J connectivity index is 1.84. The zero-order valence-corrected chi connectivity index (χ0v) is 17.3. The molecule has 1 amide bonds. The molecular weight excluding hydrogens is 384 g/mol. The molecule has 1 atom stereocenters. The summed E-state index contributed by atoms with van der Waals surface area (Å²) < 4.78 is 12.4. The smallest absolute Gasteiger partial charge is 0.264 e. The Bertz CT molecular complexity index is 1240. The normalized spacial score (nSPS) is 14.3. The highest BCUT2D eigenvalue weighted by Crippen LogP contribution is 2.34. The number of nitrogens with zero attached hydrogens (tertiary/aromatic N) is 2. The van der Waals surface area contributed by atoms with Gasteiger partial charge in [0.25, 0.3) is 11.5 Å². The number of likely N-dealkylation sites (N-methyl/N-ethyl adjacent to an activating group) is 1. The number of Topliss-reactive ketones (excluding diaryl/α,β-unsaturated/α-hetero) is 1. The summed E-state index contributed by atoms with van der Waals surface area (Å²) in [5.74, 6) is 0.631. The fourth-order valence-electron chi connectivity index (χ4n) is 3.86. The van der Waals surface area contributed by atoms with Gasteiger partial charge in [0.1, 0.15) is 11.5 Å². The van der Waals surface area contributed by atoms with E-state index in [1.807, 2.05) is 19.1 Å². The molecule has 1 unspecified atom stereocenters. The minimum Gasteiger partial charge on any atom is -0.495 e. The Morgan fingerprint density at radius 3 is 2.67 bits per heavy atom. The first-order valence-corrected chi connectivity index (χ1v) is 9.60. The van der Waals surface area contributed by atoms with Gasteiger partial charge in [-0.3, -0.25) is 19.0 Å². The number of para-hydroxylation sites is 1. The van der Waals surface area contributed by atoms with E-state index in [2.05, 4.69) is 0 Å². The second-order valence-corrected chi connectivity index (χ2v) is 7.36. The van der Waals surface area contributed by atoms with Crippen LogP contribution in [0.15, 0.2) is 47.3 Å². The van der Waals surface area contributed by atoms with E-state index in [0.29, 0.717) is 28.3 Å². The molecule has 2 heterocycles. The van der Waals surface area contributed by atoms with E-state index in [1.54, 1.807) is 38.2 Å². The average Bonchev–Trinajstić information content (AvgIpc) is 2.75. The number of ether oxygens (including phenoxy) is 2. The quantitative estimate of drug-likeness (QED) is 0.622. The van der Waals surface area contributed by atoms with Gasteiger partial charge in [-0.1, -0.05) is 12.1 Å². The molecule has 0 N–H and O–H groups in total. The number of benzene rings is 2. The van der Waals surface area contributed by atoms with Gasteiger partial charge in [-0.15, -0.1) is 0 Å². The van der Waals surface area contributed by atoms with Gasteiger partial charge < -0.3 is 14.4 Å². The molecule has 4 rings (SSSR count). The molecule has 7 heteroatoms. The second-order valence-electron chi connectivity index (χ2n) is 7.36. The molecular formula is C23H22N2O5. The third-order valence-corrected chi connectivity index (χ3v) is 5.56. The van der Waals surface area contributed by atoms with E-state index in [1.165, 1.54) is 22.6 Å².